The van der Waals surface area contributed by atoms with E-state index in [-0.39, 0.29) is 11.4 Å². The van der Waals surface area contributed by atoms with E-state index in [1.165, 1.54) is 11.1 Å². The first-order chi connectivity index (χ1) is 11.8. The van der Waals surface area contributed by atoms with Crippen LogP contribution in [0.3, 0.4) is 0 Å². The molecule has 0 heterocycles. The lowest BCUT2D eigenvalue weighted by Crippen LogP contribution is -2.32. The number of nitrogens with one attached hydrogen (secondary N) is 2. The van der Waals surface area contributed by atoms with E-state index in [2.05, 4.69) is 43.5 Å². The molecule has 0 aliphatic carbocycles. The van der Waals surface area contributed by atoms with Gasteiger partial charge < -0.3 is 15.4 Å². The van der Waals surface area contributed by atoms with Crippen LogP contribution in [0.5, 0.6) is 5.75 Å². The molecule has 0 unspecified atom stereocenters. The van der Waals surface area contributed by atoms with Crippen LogP contribution in [-0.4, -0.2) is 19.2 Å². The zero-order chi connectivity index (χ0) is 18.4. The summed E-state index contributed by atoms with van der Waals surface area (Å²) in [6, 6.07) is 13.7. The fourth-order valence-electron chi connectivity index (χ4n) is 2.38. The van der Waals surface area contributed by atoms with Crippen molar-refractivity contribution in [3.63, 3.8) is 0 Å². The van der Waals surface area contributed by atoms with Gasteiger partial charge in [0.05, 0.1) is 6.54 Å². The van der Waals surface area contributed by atoms with Crippen molar-refractivity contribution in [2.45, 2.75) is 40.0 Å². The van der Waals surface area contributed by atoms with Crippen LogP contribution < -0.4 is 15.4 Å². The smallest absolute Gasteiger partial charge is 0.319 e. The number of ether oxygens (including phenoxy) is 1. The van der Waals surface area contributed by atoms with Crippen LogP contribution in [0.2, 0.25) is 0 Å². The van der Waals surface area contributed by atoms with Crippen molar-refractivity contribution >= 4 is 11.7 Å². The zero-order valence-electron chi connectivity index (χ0n) is 15.8. The van der Waals surface area contributed by atoms with Crippen LogP contribution >= 0.6 is 0 Å². The summed E-state index contributed by atoms with van der Waals surface area (Å²) >= 11 is 0. The molecule has 0 aliphatic rings. The highest BCUT2D eigenvalue weighted by atomic mass is 16.5. The highest BCUT2D eigenvalue weighted by Crippen LogP contribution is 2.25. The Labute approximate surface area is 150 Å². The average Bonchev–Trinajstić information content (AvgIpc) is 2.55. The second-order valence-electron chi connectivity index (χ2n) is 7.31. The predicted octanol–water partition coefficient (Wildman–Crippen LogP) is 4.80. The number of carbonyl (C=O) groups is 1. The SMILES string of the molecule is Cc1ccc(NC(=O)NCCOc2cccc(C(C)(C)C)c2)cc1C. The quantitative estimate of drug-likeness (QED) is 0.768. The summed E-state index contributed by atoms with van der Waals surface area (Å²) in [7, 11) is 0. The first-order valence-electron chi connectivity index (χ1n) is 8.61. The summed E-state index contributed by atoms with van der Waals surface area (Å²) in [6.07, 6.45) is 0. The molecule has 0 atom stereocenters. The van der Waals surface area contributed by atoms with Crippen LogP contribution in [-0.2, 0) is 5.41 Å². The lowest BCUT2D eigenvalue weighted by Gasteiger charge is -2.19. The molecule has 0 bridgehead atoms. The van der Waals surface area contributed by atoms with Gasteiger partial charge in [0, 0.05) is 5.69 Å². The van der Waals surface area contributed by atoms with Gasteiger partial charge >= 0.3 is 6.03 Å². The van der Waals surface area contributed by atoms with Gasteiger partial charge in [-0.2, -0.15) is 0 Å². The van der Waals surface area contributed by atoms with Gasteiger partial charge in [0.1, 0.15) is 12.4 Å². The van der Waals surface area contributed by atoms with Crippen LogP contribution in [0.25, 0.3) is 0 Å². The Morgan fingerprint density at radius 2 is 1.80 bits per heavy atom. The summed E-state index contributed by atoms with van der Waals surface area (Å²) < 4.78 is 5.73. The molecule has 0 saturated heterocycles. The summed E-state index contributed by atoms with van der Waals surface area (Å²) in [5, 5.41) is 5.64. The van der Waals surface area contributed by atoms with Crippen molar-refractivity contribution in [3.8, 4) is 5.75 Å². The van der Waals surface area contributed by atoms with Gasteiger partial charge in [-0.3, -0.25) is 0 Å². The number of rotatable bonds is 5. The van der Waals surface area contributed by atoms with Crippen molar-refractivity contribution in [1.82, 2.24) is 5.32 Å². The van der Waals surface area contributed by atoms with Crippen LogP contribution in [0, 0.1) is 13.8 Å². The largest absolute Gasteiger partial charge is 0.492 e. The molecule has 4 heteroatoms. The third-order valence-electron chi connectivity index (χ3n) is 4.12. The Morgan fingerprint density at radius 3 is 2.48 bits per heavy atom. The minimum absolute atomic E-state index is 0.0870. The summed E-state index contributed by atoms with van der Waals surface area (Å²) in [5.41, 5.74) is 4.46. The number of hydrogen-bond acceptors (Lipinski definition) is 2. The number of benzene rings is 2. The first kappa shape index (κ1) is 18.8. The molecule has 0 aliphatic heterocycles. The molecule has 2 aromatic rings. The van der Waals surface area contributed by atoms with Crippen molar-refractivity contribution in [1.29, 1.82) is 0 Å². The van der Waals surface area contributed by atoms with Crippen molar-refractivity contribution < 1.29 is 9.53 Å². The molecule has 4 nitrogen and oxygen atoms in total. The second-order valence-corrected chi connectivity index (χ2v) is 7.31. The van der Waals surface area contributed by atoms with E-state index in [1.54, 1.807) is 0 Å². The van der Waals surface area contributed by atoms with E-state index in [4.69, 9.17) is 4.74 Å². The standard InChI is InChI=1S/C21H28N2O2/c1-15-9-10-18(13-16(15)2)23-20(24)22-11-12-25-19-8-6-7-17(14-19)21(3,4)5/h6-10,13-14H,11-12H2,1-5H3,(H2,22,23,24). The first-order valence-corrected chi connectivity index (χ1v) is 8.61. The van der Waals surface area contributed by atoms with E-state index < -0.39 is 0 Å². The highest BCUT2D eigenvalue weighted by Gasteiger charge is 2.13. The second kappa shape index (κ2) is 8.06. The number of anilines is 1. The summed E-state index contributed by atoms with van der Waals surface area (Å²) in [4.78, 5) is 11.9. The van der Waals surface area contributed by atoms with E-state index in [0.29, 0.717) is 13.2 Å². The number of amides is 2. The summed E-state index contributed by atoms with van der Waals surface area (Å²) in [6.45, 7) is 11.5. The number of carbonyl (C=O) groups excluding carboxylic acids is 1. The fraction of sp³-hybridized carbons (Fsp3) is 0.381. The van der Waals surface area contributed by atoms with Gasteiger partial charge in [0.15, 0.2) is 0 Å². The predicted molar refractivity (Wildman–Crippen MR) is 104 cm³/mol. The lowest BCUT2D eigenvalue weighted by atomic mass is 9.87. The third-order valence-corrected chi connectivity index (χ3v) is 4.12. The molecule has 134 valence electrons. The fourth-order valence-corrected chi connectivity index (χ4v) is 2.38. The zero-order valence-corrected chi connectivity index (χ0v) is 15.8. The van der Waals surface area contributed by atoms with Crippen molar-refractivity contribution in [3.05, 3.63) is 59.2 Å². The Kier molecular flexibility index (Phi) is 6.07. The molecule has 0 radical (unpaired) electrons. The lowest BCUT2D eigenvalue weighted by molar-refractivity contribution is 0.247. The van der Waals surface area contributed by atoms with Gasteiger partial charge in [0.2, 0.25) is 0 Å². The van der Waals surface area contributed by atoms with E-state index in [0.717, 1.165) is 17.0 Å². The maximum absolute atomic E-state index is 11.9. The molecular weight excluding hydrogens is 312 g/mol. The van der Waals surface area contributed by atoms with Crippen LogP contribution in [0.15, 0.2) is 42.5 Å². The molecule has 2 N–H and O–H groups in total. The molecule has 2 aromatic carbocycles. The number of aryl methyl sites for hydroxylation is 2. The third kappa shape index (κ3) is 5.82. The van der Waals surface area contributed by atoms with Crippen LogP contribution in [0.1, 0.15) is 37.5 Å². The van der Waals surface area contributed by atoms with Gasteiger partial charge in [-0.15, -0.1) is 0 Å². The maximum Gasteiger partial charge on any atom is 0.319 e. The van der Waals surface area contributed by atoms with Crippen molar-refractivity contribution in [2.24, 2.45) is 0 Å². The van der Waals surface area contributed by atoms with Crippen LogP contribution in [0.4, 0.5) is 10.5 Å². The van der Waals surface area contributed by atoms with E-state index in [9.17, 15) is 4.79 Å². The Hall–Kier alpha value is -2.49. The molecule has 2 amide bonds. The highest BCUT2D eigenvalue weighted by molar-refractivity contribution is 5.89. The van der Waals surface area contributed by atoms with E-state index in [1.807, 2.05) is 44.2 Å². The van der Waals surface area contributed by atoms with Gasteiger partial charge in [-0.1, -0.05) is 39.0 Å². The minimum atomic E-state index is -0.227. The summed E-state index contributed by atoms with van der Waals surface area (Å²) in [5.74, 6) is 0.823. The molecule has 2 rings (SSSR count). The van der Waals surface area contributed by atoms with Crippen molar-refractivity contribution in [2.75, 3.05) is 18.5 Å². The molecule has 0 fully saturated rings. The van der Waals surface area contributed by atoms with E-state index >= 15 is 0 Å². The Morgan fingerprint density at radius 1 is 1.04 bits per heavy atom. The van der Waals surface area contributed by atoms with Gasteiger partial charge in [-0.05, 0) is 60.2 Å². The molecule has 0 saturated carbocycles. The Bertz CT molecular complexity index is 733. The number of urea groups is 1. The average molecular weight is 340 g/mol. The maximum atomic E-state index is 11.9. The normalized spacial score (nSPS) is 11.1. The molecular formula is C21H28N2O2. The molecule has 0 spiro atoms. The molecule has 0 aromatic heterocycles. The number of hydrogen-bond donors (Lipinski definition) is 2. The monoisotopic (exact) mass is 340 g/mol. The van der Waals surface area contributed by atoms with Gasteiger partial charge in [-0.25, -0.2) is 4.79 Å². The minimum Gasteiger partial charge on any atom is -0.492 e. The van der Waals surface area contributed by atoms with Gasteiger partial charge in [0.25, 0.3) is 0 Å². The molecule has 25 heavy (non-hydrogen) atoms. The Balaban J connectivity index is 1.77. The topological polar surface area (TPSA) is 50.4 Å².